The summed E-state index contributed by atoms with van der Waals surface area (Å²) < 4.78 is 0. The fraction of sp³-hybridized carbons (Fsp3) is 0.312. The van der Waals surface area contributed by atoms with Crippen molar-refractivity contribution in [1.29, 1.82) is 0 Å². The number of hydrogen-bond donors (Lipinski definition) is 1. The van der Waals surface area contributed by atoms with E-state index in [0.717, 1.165) is 22.0 Å². The van der Waals surface area contributed by atoms with Gasteiger partial charge in [-0.1, -0.05) is 23.7 Å². The van der Waals surface area contributed by atoms with E-state index < -0.39 is 6.10 Å². The molecule has 1 heterocycles. The second-order valence-corrected chi connectivity index (χ2v) is 5.40. The van der Waals surface area contributed by atoms with Crippen molar-refractivity contribution in [1.82, 2.24) is 4.98 Å². The summed E-state index contributed by atoms with van der Waals surface area (Å²) >= 11 is 6.04. The number of aliphatic hydroxyl groups excluding tert-OH is 1. The number of hydrogen-bond acceptors (Lipinski definition) is 3. The Morgan fingerprint density at radius 3 is 2.55 bits per heavy atom. The topological polar surface area (TPSA) is 36.4 Å². The smallest absolute Gasteiger partial charge is 0.129 e. The van der Waals surface area contributed by atoms with E-state index in [1.54, 1.807) is 13.1 Å². The normalized spacial score (nSPS) is 13.8. The molecule has 3 nitrogen and oxygen atoms in total. The average Bonchev–Trinajstić information content (AvgIpc) is 2.45. The molecule has 0 bridgehead atoms. The molecule has 1 aromatic heterocycles. The second-order valence-electron chi connectivity index (χ2n) is 4.97. The molecule has 0 spiro atoms. The fourth-order valence-electron chi connectivity index (χ4n) is 2.08. The summed E-state index contributed by atoms with van der Waals surface area (Å²) in [5, 5.41) is 10.4. The molecule has 0 aliphatic rings. The molecule has 1 aromatic carbocycles. The maximum absolute atomic E-state index is 9.66. The number of nitrogens with zero attached hydrogens (tertiary/aromatic N) is 2. The highest BCUT2D eigenvalue weighted by Crippen LogP contribution is 2.26. The maximum atomic E-state index is 9.66. The van der Waals surface area contributed by atoms with Crippen molar-refractivity contribution in [2.45, 2.75) is 26.0 Å². The standard InChI is InChI=1S/C16H19ClN2O/c1-11(13-5-4-6-15(17)9-13)19(3)16-10-14(12(2)20)7-8-18-16/h4-12,20H,1-3H3/t11?,12-/m1/s1. The van der Waals surface area contributed by atoms with Crippen molar-refractivity contribution in [3.8, 4) is 0 Å². The first-order valence-electron chi connectivity index (χ1n) is 6.61. The van der Waals surface area contributed by atoms with E-state index in [4.69, 9.17) is 11.6 Å². The second kappa shape index (κ2) is 6.25. The van der Waals surface area contributed by atoms with Crippen LogP contribution in [0.4, 0.5) is 5.82 Å². The molecule has 1 unspecified atom stereocenters. The SMILES string of the molecule is CC(c1cccc(Cl)c1)N(C)c1cc([C@@H](C)O)ccn1. The lowest BCUT2D eigenvalue weighted by Crippen LogP contribution is -2.22. The van der Waals surface area contributed by atoms with Crippen LogP contribution in [0.25, 0.3) is 0 Å². The maximum Gasteiger partial charge on any atom is 0.129 e. The van der Waals surface area contributed by atoms with E-state index in [-0.39, 0.29) is 6.04 Å². The van der Waals surface area contributed by atoms with Crippen LogP contribution in [0.1, 0.15) is 37.1 Å². The van der Waals surface area contributed by atoms with E-state index in [0.29, 0.717) is 0 Å². The third-order valence-electron chi connectivity index (χ3n) is 3.53. The van der Waals surface area contributed by atoms with Crippen molar-refractivity contribution < 1.29 is 5.11 Å². The van der Waals surface area contributed by atoms with E-state index in [1.807, 2.05) is 43.4 Å². The Morgan fingerprint density at radius 1 is 1.15 bits per heavy atom. The first-order chi connectivity index (χ1) is 9.49. The molecule has 2 atom stereocenters. The zero-order valence-electron chi connectivity index (χ0n) is 11.9. The predicted octanol–water partition coefficient (Wildman–Crippen LogP) is 3.99. The highest BCUT2D eigenvalue weighted by Gasteiger charge is 2.14. The fourth-order valence-corrected chi connectivity index (χ4v) is 2.27. The highest BCUT2D eigenvalue weighted by atomic mass is 35.5. The number of aliphatic hydroxyl groups is 1. The number of benzene rings is 1. The van der Waals surface area contributed by atoms with Gasteiger partial charge in [-0.3, -0.25) is 0 Å². The van der Waals surface area contributed by atoms with Gasteiger partial charge in [-0.2, -0.15) is 0 Å². The lowest BCUT2D eigenvalue weighted by atomic mass is 10.1. The van der Waals surface area contributed by atoms with Crippen LogP contribution in [-0.4, -0.2) is 17.1 Å². The Bertz CT molecular complexity index is 586. The summed E-state index contributed by atoms with van der Waals surface area (Å²) in [5.41, 5.74) is 1.99. The van der Waals surface area contributed by atoms with Gasteiger partial charge >= 0.3 is 0 Å². The molecular formula is C16H19ClN2O. The lowest BCUT2D eigenvalue weighted by molar-refractivity contribution is 0.199. The number of anilines is 1. The van der Waals surface area contributed by atoms with E-state index >= 15 is 0 Å². The largest absolute Gasteiger partial charge is 0.389 e. The van der Waals surface area contributed by atoms with Crippen LogP contribution in [0.2, 0.25) is 5.02 Å². The summed E-state index contributed by atoms with van der Waals surface area (Å²) in [5.74, 6) is 0.830. The van der Waals surface area contributed by atoms with Crippen molar-refractivity contribution in [3.63, 3.8) is 0 Å². The van der Waals surface area contributed by atoms with Crippen molar-refractivity contribution in [2.24, 2.45) is 0 Å². The molecule has 4 heteroatoms. The van der Waals surface area contributed by atoms with Crippen LogP contribution in [-0.2, 0) is 0 Å². The third kappa shape index (κ3) is 3.30. The molecule has 0 fully saturated rings. The zero-order chi connectivity index (χ0) is 14.7. The summed E-state index contributed by atoms with van der Waals surface area (Å²) in [7, 11) is 1.99. The van der Waals surface area contributed by atoms with Crippen LogP contribution in [0.3, 0.4) is 0 Å². The molecule has 0 saturated heterocycles. The summed E-state index contributed by atoms with van der Waals surface area (Å²) in [6.07, 6.45) is 1.23. The predicted molar refractivity (Wildman–Crippen MR) is 83.1 cm³/mol. The summed E-state index contributed by atoms with van der Waals surface area (Å²) in [6, 6.07) is 11.7. The number of rotatable bonds is 4. The monoisotopic (exact) mass is 290 g/mol. The van der Waals surface area contributed by atoms with Crippen LogP contribution in [0.5, 0.6) is 0 Å². The van der Waals surface area contributed by atoms with Gasteiger partial charge in [0, 0.05) is 18.3 Å². The molecule has 0 aliphatic heterocycles. The summed E-state index contributed by atoms with van der Waals surface area (Å²) in [6.45, 7) is 3.85. The molecule has 1 N–H and O–H groups in total. The van der Waals surface area contributed by atoms with Crippen LogP contribution < -0.4 is 4.90 Å². The minimum absolute atomic E-state index is 0.144. The van der Waals surface area contributed by atoms with Gasteiger partial charge in [-0.15, -0.1) is 0 Å². The number of aromatic nitrogens is 1. The van der Waals surface area contributed by atoms with Crippen LogP contribution in [0, 0.1) is 0 Å². The molecule has 0 radical (unpaired) electrons. The molecule has 2 rings (SSSR count). The van der Waals surface area contributed by atoms with Gasteiger partial charge in [0.1, 0.15) is 5.82 Å². The molecule has 0 aliphatic carbocycles. The van der Waals surface area contributed by atoms with Crippen molar-refractivity contribution >= 4 is 17.4 Å². The van der Waals surface area contributed by atoms with Gasteiger partial charge in [0.2, 0.25) is 0 Å². The average molecular weight is 291 g/mol. The van der Waals surface area contributed by atoms with Gasteiger partial charge in [0.25, 0.3) is 0 Å². The van der Waals surface area contributed by atoms with Gasteiger partial charge in [0.05, 0.1) is 12.1 Å². The van der Waals surface area contributed by atoms with E-state index in [9.17, 15) is 5.11 Å². The zero-order valence-corrected chi connectivity index (χ0v) is 12.7. The first-order valence-corrected chi connectivity index (χ1v) is 6.99. The van der Waals surface area contributed by atoms with Gasteiger partial charge < -0.3 is 10.0 Å². The molecular weight excluding hydrogens is 272 g/mol. The van der Waals surface area contributed by atoms with E-state index in [1.165, 1.54) is 0 Å². The Kier molecular flexibility index (Phi) is 4.63. The molecule has 0 saturated carbocycles. The van der Waals surface area contributed by atoms with Crippen LogP contribution in [0.15, 0.2) is 42.6 Å². The number of pyridine rings is 1. The van der Waals surface area contributed by atoms with Gasteiger partial charge in [-0.25, -0.2) is 4.98 Å². The molecule has 2 aromatic rings. The minimum atomic E-state index is -0.494. The third-order valence-corrected chi connectivity index (χ3v) is 3.76. The lowest BCUT2D eigenvalue weighted by Gasteiger charge is -2.27. The number of halogens is 1. The molecule has 106 valence electrons. The quantitative estimate of drug-likeness (QED) is 0.925. The Balaban J connectivity index is 2.26. The first kappa shape index (κ1) is 14.8. The Labute approximate surface area is 124 Å². The highest BCUT2D eigenvalue weighted by molar-refractivity contribution is 6.30. The van der Waals surface area contributed by atoms with Crippen LogP contribution >= 0.6 is 11.6 Å². The minimum Gasteiger partial charge on any atom is -0.389 e. The van der Waals surface area contributed by atoms with Crippen molar-refractivity contribution in [3.05, 3.63) is 58.7 Å². The molecule has 20 heavy (non-hydrogen) atoms. The summed E-state index contributed by atoms with van der Waals surface area (Å²) in [4.78, 5) is 6.44. The molecule has 0 amide bonds. The van der Waals surface area contributed by atoms with Gasteiger partial charge in [-0.05, 0) is 49.2 Å². The van der Waals surface area contributed by atoms with E-state index in [2.05, 4.69) is 16.8 Å². The Morgan fingerprint density at radius 2 is 1.90 bits per heavy atom. The Hall–Kier alpha value is -1.58. The van der Waals surface area contributed by atoms with Crippen molar-refractivity contribution in [2.75, 3.05) is 11.9 Å². The van der Waals surface area contributed by atoms with Gasteiger partial charge in [0.15, 0.2) is 0 Å².